The van der Waals surface area contributed by atoms with Crippen LogP contribution < -0.4 is 11.1 Å². The first-order valence-corrected chi connectivity index (χ1v) is 7.44. The van der Waals surface area contributed by atoms with Gasteiger partial charge < -0.3 is 11.1 Å². The van der Waals surface area contributed by atoms with Crippen LogP contribution in [0.4, 0.5) is 5.69 Å². The number of benzene rings is 1. The number of hydrogen-bond donors (Lipinski definition) is 2. The highest BCUT2D eigenvalue weighted by Crippen LogP contribution is 2.24. The number of nitrogens with zero attached hydrogens (tertiary/aromatic N) is 1. The maximum Gasteiger partial charge on any atom is 0.238 e. The molecule has 1 aromatic rings. The van der Waals surface area contributed by atoms with Crippen LogP contribution in [0.5, 0.6) is 0 Å². The van der Waals surface area contributed by atoms with Gasteiger partial charge in [-0.25, -0.2) is 0 Å². The second-order valence-electron chi connectivity index (χ2n) is 5.79. The number of nitrogens with two attached hydrogens (primary N) is 1. The van der Waals surface area contributed by atoms with Gasteiger partial charge >= 0.3 is 0 Å². The second kappa shape index (κ2) is 6.86. The van der Waals surface area contributed by atoms with E-state index in [0.29, 0.717) is 25.0 Å². The van der Waals surface area contributed by atoms with Crippen LogP contribution in [0.15, 0.2) is 24.3 Å². The first kappa shape index (κ1) is 15.0. The number of nitrogens with one attached hydrogen (secondary N) is 1. The summed E-state index contributed by atoms with van der Waals surface area (Å²) in [4.78, 5) is 14.4. The van der Waals surface area contributed by atoms with Crippen LogP contribution in [0.3, 0.4) is 0 Å². The van der Waals surface area contributed by atoms with Crippen molar-refractivity contribution in [3.63, 3.8) is 0 Å². The first-order valence-electron chi connectivity index (χ1n) is 7.44. The number of carbonyl (C=O) groups is 1. The molecule has 110 valence electrons. The largest absolute Gasteiger partial charge is 0.329 e. The van der Waals surface area contributed by atoms with Gasteiger partial charge in [0.15, 0.2) is 0 Å². The molecule has 3 N–H and O–H groups in total. The van der Waals surface area contributed by atoms with Gasteiger partial charge in [0.25, 0.3) is 0 Å². The maximum absolute atomic E-state index is 12.2. The van der Waals surface area contributed by atoms with Crippen molar-refractivity contribution in [1.29, 1.82) is 0 Å². The minimum Gasteiger partial charge on any atom is -0.329 e. The molecule has 0 radical (unpaired) electrons. The summed E-state index contributed by atoms with van der Waals surface area (Å²) in [5.41, 5.74) is 7.85. The van der Waals surface area contributed by atoms with Gasteiger partial charge in [-0.1, -0.05) is 32.0 Å². The highest BCUT2D eigenvalue weighted by Gasteiger charge is 2.25. The molecule has 1 heterocycles. The smallest absolute Gasteiger partial charge is 0.238 e. The number of hydrogen-bond acceptors (Lipinski definition) is 3. The summed E-state index contributed by atoms with van der Waals surface area (Å²) in [7, 11) is 0. The molecule has 1 unspecified atom stereocenters. The van der Waals surface area contributed by atoms with Crippen LogP contribution in [0.25, 0.3) is 0 Å². The Morgan fingerprint density at radius 3 is 2.90 bits per heavy atom. The van der Waals surface area contributed by atoms with Crippen LogP contribution in [-0.2, 0) is 4.79 Å². The lowest BCUT2D eigenvalue weighted by Crippen LogP contribution is -2.40. The monoisotopic (exact) mass is 275 g/mol. The molecule has 1 saturated heterocycles. The third-order valence-corrected chi connectivity index (χ3v) is 3.97. The van der Waals surface area contributed by atoms with Gasteiger partial charge in [0.2, 0.25) is 5.91 Å². The van der Waals surface area contributed by atoms with E-state index in [2.05, 4.69) is 30.1 Å². The Labute approximate surface area is 121 Å². The van der Waals surface area contributed by atoms with E-state index in [1.165, 1.54) is 5.56 Å². The lowest BCUT2D eigenvalue weighted by molar-refractivity contribution is -0.117. The summed E-state index contributed by atoms with van der Waals surface area (Å²) < 4.78 is 0. The lowest BCUT2D eigenvalue weighted by Gasteiger charge is -2.23. The van der Waals surface area contributed by atoms with E-state index in [1.807, 2.05) is 18.2 Å². The molecule has 4 nitrogen and oxygen atoms in total. The zero-order valence-corrected chi connectivity index (χ0v) is 12.4. The summed E-state index contributed by atoms with van der Waals surface area (Å²) in [5, 5.41) is 3.04. The Kier molecular flexibility index (Phi) is 5.15. The van der Waals surface area contributed by atoms with Crippen molar-refractivity contribution in [2.45, 2.75) is 38.6 Å². The summed E-state index contributed by atoms with van der Waals surface area (Å²) >= 11 is 0. The van der Waals surface area contributed by atoms with E-state index in [0.717, 1.165) is 25.1 Å². The molecule has 0 saturated carbocycles. The van der Waals surface area contributed by atoms with Crippen molar-refractivity contribution in [2.24, 2.45) is 5.73 Å². The summed E-state index contributed by atoms with van der Waals surface area (Å²) in [6.45, 7) is 6.32. The molecule has 1 atom stereocenters. The maximum atomic E-state index is 12.2. The van der Waals surface area contributed by atoms with Crippen LogP contribution in [0.1, 0.15) is 38.2 Å². The van der Waals surface area contributed by atoms with Gasteiger partial charge in [0.05, 0.1) is 6.54 Å². The van der Waals surface area contributed by atoms with Crippen molar-refractivity contribution in [1.82, 2.24) is 4.90 Å². The molecule has 20 heavy (non-hydrogen) atoms. The molecule has 4 heteroatoms. The fourth-order valence-corrected chi connectivity index (χ4v) is 2.86. The number of para-hydroxylation sites is 1. The second-order valence-corrected chi connectivity index (χ2v) is 5.79. The van der Waals surface area contributed by atoms with Crippen LogP contribution in [-0.4, -0.2) is 36.5 Å². The minimum absolute atomic E-state index is 0.0541. The average Bonchev–Trinajstić information content (AvgIpc) is 2.86. The van der Waals surface area contributed by atoms with Crippen molar-refractivity contribution < 1.29 is 4.79 Å². The fourth-order valence-electron chi connectivity index (χ4n) is 2.86. The number of likely N-dealkylation sites (tertiary alicyclic amines) is 1. The Hall–Kier alpha value is -1.39. The average molecular weight is 275 g/mol. The summed E-state index contributed by atoms with van der Waals surface area (Å²) in [6, 6.07) is 8.37. The molecule has 2 rings (SSSR count). The van der Waals surface area contributed by atoms with Crippen LogP contribution in [0, 0.1) is 0 Å². The number of anilines is 1. The molecule has 0 aliphatic carbocycles. The first-order chi connectivity index (χ1) is 9.61. The van der Waals surface area contributed by atoms with Gasteiger partial charge in [-0.3, -0.25) is 9.69 Å². The van der Waals surface area contributed by atoms with Gasteiger partial charge in [0.1, 0.15) is 0 Å². The Morgan fingerprint density at radius 2 is 2.20 bits per heavy atom. The molecule has 1 aliphatic heterocycles. The van der Waals surface area contributed by atoms with Crippen molar-refractivity contribution in [3.8, 4) is 0 Å². The zero-order chi connectivity index (χ0) is 14.5. The van der Waals surface area contributed by atoms with Gasteiger partial charge in [-0.2, -0.15) is 0 Å². The van der Waals surface area contributed by atoms with Crippen molar-refractivity contribution in [3.05, 3.63) is 29.8 Å². The van der Waals surface area contributed by atoms with Gasteiger partial charge in [0, 0.05) is 18.3 Å². The van der Waals surface area contributed by atoms with Gasteiger partial charge in [-0.05, 0) is 36.9 Å². The molecule has 0 aromatic heterocycles. The zero-order valence-electron chi connectivity index (χ0n) is 12.4. The molecule has 0 bridgehead atoms. The molecule has 0 spiro atoms. The third kappa shape index (κ3) is 3.58. The predicted octanol–water partition coefficient (Wildman–Crippen LogP) is 2.17. The molecule has 1 amide bonds. The number of amides is 1. The molecular weight excluding hydrogens is 250 g/mol. The van der Waals surface area contributed by atoms with E-state index < -0.39 is 0 Å². The number of carbonyl (C=O) groups excluding carboxylic acids is 1. The normalized spacial score (nSPS) is 19.5. The van der Waals surface area contributed by atoms with Crippen molar-refractivity contribution in [2.75, 3.05) is 25.0 Å². The van der Waals surface area contributed by atoms with E-state index >= 15 is 0 Å². The Balaban J connectivity index is 1.98. The highest BCUT2D eigenvalue weighted by molar-refractivity contribution is 5.93. The van der Waals surface area contributed by atoms with Crippen molar-refractivity contribution >= 4 is 11.6 Å². The van der Waals surface area contributed by atoms with E-state index in [1.54, 1.807) is 0 Å². The molecule has 1 aliphatic rings. The molecular formula is C16H25N3O. The predicted molar refractivity (Wildman–Crippen MR) is 82.8 cm³/mol. The van der Waals surface area contributed by atoms with E-state index in [4.69, 9.17) is 5.73 Å². The minimum atomic E-state index is 0.0541. The van der Waals surface area contributed by atoms with E-state index in [9.17, 15) is 4.79 Å². The highest BCUT2D eigenvalue weighted by atomic mass is 16.2. The molecule has 1 aromatic carbocycles. The SMILES string of the molecule is CC(C)c1ccccc1NC(=O)CN1CCCC1CN. The van der Waals surface area contributed by atoms with E-state index in [-0.39, 0.29) is 5.91 Å². The van der Waals surface area contributed by atoms with Crippen LogP contribution in [0.2, 0.25) is 0 Å². The van der Waals surface area contributed by atoms with Crippen LogP contribution >= 0.6 is 0 Å². The van der Waals surface area contributed by atoms with Gasteiger partial charge in [-0.15, -0.1) is 0 Å². The lowest BCUT2D eigenvalue weighted by atomic mass is 10.0. The molecule has 1 fully saturated rings. The quantitative estimate of drug-likeness (QED) is 0.866. The Bertz CT molecular complexity index is 459. The third-order valence-electron chi connectivity index (χ3n) is 3.97. The fraction of sp³-hybridized carbons (Fsp3) is 0.562. The summed E-state index contributed by atoms with van der Waals surface area (Å²) in [5.74, 6) is 0.452. The Morgan fingerprint density at radius 1 is 1.45 bits per heavy atom. The number of rotatable bonds is 5. The standard InChI is InChI=1S/C16H25N3O/c1-12(2)14-7-3-4-8-15(14)18-16(20)11-19-9-5-6-13(19)10-17/h3-4,7-8,12-13H,5-6,9-11,17H2,1-2H3,(H,18,20). The topological polar surface area (TPSA) is 58.4 Å². The summed E-state index contributed by atoms with van der Waals surface area (Å²) in [6.07, 6.45) is 2.24.